The van der Waals surface area contributed by atoms with Crippen LogP contribution in [0, 0.1) is 10.1 Å². The predicted octanol–water partition coefficient (Wildman–Crippen LogP) is 4.45. The monoisotopic (exact) mass is 493 g/mol. The zero-order chi connectivity index (χ0) is 24.7. The number of methoxy groups -OCH3 is 1. The second-order valence-electron chi connectivity index (χ2n) is 8.77. The van der Waals surface area contributed by atoms with Gasteiger partial charge in [-0.05, 0) is 36.9 Å². The normalized spacial score (nSPS) is 23.2. The topological polar surface area (TPSA) is 93.9 Å². The summed E-state index contributed by atoms with van der Waals surface area (Å²) in [5.41, 5.74) is 1.38. The molecule has 9 heteroatoms. The average molecular weight is 494 g/mol. The quantitative estimate of drug-likeness (QED) is 0.403. The van der Waals surface area contributed by atoms with Gasteiger partial charge in [0.1, 0.15) is 6.61 Å². The predicted molar refractivity (Wildman–Crippen MR) is 132 cm³/mol. The molecule has 0 unspecified atom stereocenters. The molecule has 2 heterocycles. The molecule has 3 aromatic carbocycles. The van der Waals surface area contributed by atoms with Crippen LogP contribution in [0.2, 0.25) is 5.02 Å². The van der Waals surface area contributed by atoms with E-state index in [9.17, 15) is 14.9 Å². The minimum Gasteiger partial charge on any atom is -0.493 e. The van der Waals surface area contributed by atoms with E-state index in [1.54, 1.807) is 60.5 Å². The first kappa shape index (κ1) is 23.1. The molecule has 1 fully saturated rings. The van der Waals surface area contributed by atoms with Crippen molar-refractivity contribution in [2.75, 3.05) is 26.0 Å². The van der Waals surface area contributed by atoms with Crippen LogP contribution in [0.25, 0.3) is 0 Å². The Morgan fingerprint density at radius 2 is 1.89 bits per heavy atom. The van der Waals surface area contributed by atoms with E-state index in [4.69, 9.17) is 21.1 Å². The number of para-hydroxylation sites is 1. The molecular formula is C26H24ClN3O5. The Bertz CT molecular complexity index is 1320. The van der Waals surface area contributed by atoms with Crippen molar-refractivity contribution < 1.29 is 19.2 Å². The third kappa shape index (κ3) is 3.61. The Kier molecular flexibility index (Phi) is 5.86. The molecule has 8 nitrogen and oxygen atoms in total. The van der Waals surface area contributed by atoms with Gasteiger partial charge in [-0.1, -0.05) is 54.1 Å². The van der Waals surface area contributed by atoms with Crippen molar-refractivity contribution in [3.05, 3.63) is 98.6 Å². The van der Waals surface area contributed by atoms with Gasteiger partial charge >= 0.3 is 0 Å². The minimum atomic E-state index is -1.39. The number of nitrogens with one attached hydrogen (secondary N) is 1. The molecule has 5 rings (SSSR count). The van der Waals surface area contributed by atoms with Crippen molar-refractivity contribution in [3.63, 3.8) is 0 Å². The summed E-state index contributed by atoms with van der Waals surface area (Å²) in [5.74, 6) is 0.0332. The number of nitrogens with zero attached hydrogens (tertiary/aromatic N) is 2. The van der Waals surface area contributed by atoms with E-state index < -0.39 is 17.5 Å². The Balaban J connectivity index is 1.50. The minimum absolute atomic E-state index is 0.249. The van der Waals surface area contributed by atoms with Crippen LogP contribution in [-0.2, 0) is 16.9 Å². The van der Waals surface area contributed by atoms with Crippen LogP contribution >= 0.6 is 11.6 Å². The number of fused-ring (bicyclic) bond motifs is 2. The fourth-order valence-electron chi connectivity index (χ4n) is 5.39. The number of amides is 1. The number of likely N-dealkylation sites (tertiary alicyclic amines) is 1. The second-order valence-corrected chi connectivity index (χ2v) is 9.18. The first-order valence-electron chi connectivity index (χ1n) is 11.2. The van der Waals surface area contributed by atoms with Gasteiger partial charge < -0.3 is 14.8 Å². The highest BCUT2D eigenvalue weighted by Gasteiger charge is 2.68. The van der Waals surface area contributed by atoms with Gasteiger partial charge in [0.15, 0.2) is 17.0 Å². The van der Waals surface area contributed by atoms with E-state index in [0.717, 1.165) is 5.56 Å². The van der Waals surface area contributed by atoms with E-state index >= 15 is 0 Å². The standard InChI is InChI=1S/C26H24ClN3O5/c1-29-14-18(24(30(32)33)26(29)19-8-4-6-10-21(19)28-25(26)31)16-11-12-22(23(13-16)34-2)35-15-17-7-3-5-9-20(17)27/h3-13,18,24H,14-15H2,1-2H3,(H,28,31)/t18-,24+,26-/m0/s1. The SMILES string of the molecule is COc1cc([C@@H]2CN(C)[C@]3(C(=O)Nc4ccccc43)[C@@H]2[N+](=O)[O-])ccc1OCc1ccccc1Cl. The number of benzene rings is 3. The fourth-order valence-corrected chi connectivity index (χ4v) is 5.58. The van der Waals surface area contributed by atoms with Crippen molar-refractivity contribution in [1.29, 1.82) is 0 Å². The van der Waals surface area contributed by atoms with E-state index in [1.807, 2.05) is 18.2 Å². The van der Waals surface area contributed by atoms with Crippen molar-refractivity contribution in [2.24, 2.45) is 0 Å². The van der Waals surface area contributed by atoms with Crippen molar-refractivity contribution in [2.45, 2.75) is 24.1 Å². The summed E-state index contributed by atoms with van der Waals surface area (Å²) in [6, 6.07) is 18.7. The number of halogens is 1. The highest BCUT2D eigenvalue weighted by molar-refractivity contribution is 6.31. The lowest BCUT2D eigenvalue weighted by Crippen LogP contribution is -2.54. The van der Waals surface area contributed by atoms with E-state index in [-0.39, 0.29) is 17.4 Å². The van der Waals surface area contributed by atoms with E-state index in [0.29, 0.717) is 39.9 Å². The smallest absolute Gasteiger partial charge is 0.256 e. The van der Waals surface area contributed by atoms with E-state index in [2.05, 4.69) is 5.32 Å². The third-order valence-electron chi connectivity index (χ3n) is 7.00. The van der Waals surface area contributed by atoms with Crippen LogP contribution < -0.4 is 14.8 Å². The van der Waals surface area contributed by atoms with Crippen LogP contribution in [0.15, 0.2) is 66.7 Å². The van der Waals surface area contributed by atoms with Crippen LogP contribution in [0.1, 0.15) is 22.6 Å². The number of hydrogen-bond donors (Lipinski definition) is 1. The van der Waals surface area contributed by atoms with Gasteiger partial charge in [0.05, 0.1) is 13.0 Å². The number of anilines is 1. The van der Waals surface area contributed by atoms with Crippen LogP contribution in [0.3, 0.4) is 0 Å². The Hall–Kier alpha value is -3.62. The number of nitro groups is 1. The molecule has 0 aliphatic carbocycles. The average Bonchev–Trinajstić information content (AvgIpc) is 3.33. The number of ether oxygens (including phenoxy) is 2. The first-order valence-corrected chi connectivity index (χ1v) is 11.6. The largest absolute Gasteiger partial charge is 0.493 e. The number of likely N-dealkylation sites (N-methyl/N-ethyl adjacent to an activating group) is 1. The molecule has 0 radical (unpaired) electrons. The maximum atomic E-state index is 13.3. The molecular weight excluding hydrogens is 470 g/mol. The molecule has 35 heavy (non-hydrogen) atoms. The highest BCUT2D eigenvalue weighted by Crippen LogP contribution is 2.52. The molecule has 1 N–H and O–H groups in total. The molecule has 180 valence electrons. The zero-order valence-corrected chi connectivity index (χ0v) is 20.0. The molecule has 3 aromatic rings. The van der Waals surface area contributed by atoms with Gasteiger partial charge in [-0.3, -0.25) is 19.8 Å². The highest BCUT2D eigenvalue weighted by atomic mass is 35.5. The van der Waals surface area contributed by atoms with Gasteiger partial charge in [-0.25, -0.2) is 0 Å². The summed E-state index contributed by atoms with van der Waals surface area (Å²) in [6.07, 6.45) is 0. The molecule has 1 saturated heterocycles. The summed E-state index contributed by atoms with van der Waals surface area (Å²) in [6.45, 7) is 0.579. The van der Waals surface area contributed by atoms with Gasteiger partial charge in [0.2, 0.25) is 0 Å². The molecule has 0 aromatic heterocycles. The van der Waals surface area contributed by atoms with Crippen LogP contribution in [0.4, 0.5) is 5.69 Å². The summed E-state index contributed by atoms with van der Waals surface area (Å²) < 4.78 is 11.5. The number of carbonyl (C=O) groups excluding carboxylic acids is 1. The lowest BCUT2D eigenvalue weighted by Gasteiger charge is -2.30. The molecule has 0 bridgehead atoms. The van der Waals surface area contributed by atoms with Crippen molar-refractivity contribution in [3.8, 4) is 11.5 Å². The fraction of sp³-hybridized carbons (Fsp3) is 0.269. The first-order chi connectivity index (χ1) is 16.9. The number of hydrogen-bond acceptors (Lipinski definition) is 6. The Morgan fingerprint density at radius 1 is 1.14 bits per heavy atom. The van der Waals surface area contributed by atoms with Gasteiger partial charge in [0, 0.05) is 33.3 Å². The summed E-state index contributed by atoms with van der Waals surface area (Å²) in [7, 11) is 3.28. The molecule has 3 atom stereocenters. The third-order valence-corrected chi connectivity index (χ3v) is 7.37. The van der Waals surface area contributed by atoms with Gasteiger partial charge in [-0.2, -0.15) is 0 Å². The Morgan fingerprint density at radius 3 is 2.63 bits per heavy atom. The van der Waals surface area contributed by atoms with Crippen LogP contribution in [0.5, 0.6) is 11.5 Å². The zero-order valence-electron chi connectivity index (χ0n) is 19.2. The lowest BCUT2D eigenvalue weighted by molar-refractivity contribution is -0.534. The van der Waals surface area contributed by atoms with Gasteiger partial charge in [-0.15, -0.1) is 0 Å². The summed E-state index contributed by atoms with van der Waals surface area (Å²) in [4.78, 5) is 27.2. The van der Waals surface area contributed by atoms with Gasteiger partial charge in [0.25, 0.3) is 11.9 Å². The number of carbonyl (C=O) groups is 1. The molecule has 1 spiro atoms. The Labute approximate surface area is 207 Å². The maximum Gasteiger partial charge on any atom is 0.256 e. The van der Waals surface area contributed by atoms with Crippen molar-refractivity contribution >= 4 is 23.2 Å². The molecule has 2 aliphatic rings. The maximum absolute atomic E-state index is 13.3. The van der Waals surface area contributed by atoms with Crippen molar-refractivity contribution in [1.82, 2.24) is 4.90 Å². The van der Waals surface area contributed by atoms with Crippen LogP contribution in [-0.4, -0.2) is 42.5 Å². The van der Waals surface area contributed by atoms with E-state index in [1.165, 1.54) is 7.11 Å². The lowest BCUT2D eigenvalue weighted by atomic mass is 9.79. The second kappa shape index (κ2) is 8.87. The summed E-state index contributed by atoms with van der Waals surface area (Å²) >= 11 is 6.23. The molecule has 2 aliphatic heterocycles. The summed E-state index contributed by atoms with van der Waals surface area (Å²) in [5, 5.41) is 15.9. The molecule has 0 saturated carbocycles. The number of rotatable bonds is 6. The molecule has 1 amide bonds.